The second-order valence-electron chi connectivity index (χ2n) is 3.49. The summed E-state index contributed by atoms with van der Waals surface area (Å²) in [5.41, 5.74) is 0.660. The standard InChI is InChI=1S/C11H16O3/c1-5-9(13-4)11-8(3)10(12)7(2)6-14-11/h5-6,8-9,11H,1H2,2-4H3. The van der Waals surface area contributed by atoms with E-state index >= 15 is 0 Å². The Morgan fingerprint density at radius 1 is 1.71 bits per heavy atom. The lowest BCUT2D eigenvalue weighted by Crippen LogP contribution is -2.40. The molecule has 3 atom stereocenters. The first-order valence-corrected chi connectivity index (χ1v) is 4.63. The van der Waals surface area contributed by atoms with Crippen molar-refractivity contribution in [3.05, 3.63) is 24.5 Å². The van der Waals surface area contributed by atoms with E-state index in [1.54, 1.807) is 20.1 Å². The second kappa shape index (κ2) is 4.42. The summed E-state index contributed by atoms with van der Waals surface area (Å²) in [5.74, 6) is -0.0619. The summed E-state index contributed by atoms with van der Waals surface area (Å²) < 4.78 is 10.6. The van der Waals surface area contributed by atoms with E-state index in [-0.39, 0.29) is 23.9 Å². The molecule has 0 N–H and O–H groups in total. The Hall–Kier alpha value is -1.09. The molecule has 1 heterocycles. The molecule has 0 bridgehead atoms. The molecule has 0 saturated carbocycles. The van der Waals surface area contributed by atoms with Gasteiger partial charge in [0.25, 0.3) is 0 Å². The molecule has 0 saturated heterocycles. The van der Waals surface area contributed by atoms with Gasteiger partial charge in [-0.2, -0.15) is 0 Å². The van der Waals surface area contributed by atoms with E-state index in [1.807, 2.05) is 6.92 Å². The second-order valence-corrected chi connectivity index (χ2v) is 3.49. The summed E-state index contributed by atoms with van der Waals surface area (Å²) >= 11 is 0. The van der Waals surface area contributed by atoms with E-state index in [9.17, 15) is 4.79 Å². The van der Waals surface area contributed by atoms with Crippen molar-refractivity contribution in [2.75, 3.05) is 7.11 Å². The number of carbonyl (C=O) groups is 1. The van der Waals surface area contributed by atoms with Gasteiger partial charge in [0.05, 0.1) is 12.2 Å². The highest BCUT2D eigenvalue weighted by Crippen LogP contribution is 2.24. The number of ether oxygens (including phenoxy) is 2. The maximum Gasteiger partial charge on any atom is 0.168 e. The highest BCUT2D eigenvalue weighted by atomic mass is 16.5. The lowest BCUT2D eigenvalue weighted by molar-refractivity contribution is -0.128. The maximum atomic E-state index is 11.6. The van der Waals surface area contributed by atoms with Crippen molar-refractivity contribution in [1.29, 1.82) is 0 Å². The van der Waals surface area contributed by atoms with E-state index in [2.05, 4.69) is 6.58 Å². The van der Waals surface area contributed by atoms with Crippen LogP contribution in [-0.4, -0.2) is 25.1 Å². The van der Waals surface area contributed by atoms with E-state index in [4.69, 9.17) is 9.47 Å². The molecule has 1 rings (SSSR count). The first kappa shape index (κ1) is 11.0. The van der Waals surface area contributed by atoms with Crippen LogP contribution in [0.4, 0.5) is 0 Å². The normalized spacial score (nSPS) is 29.1. The van der Waals surface area contributed by atoms with E-state index in [0.29, 0.717) is 5.57 Å². The van der Waals surface area contributed by atoms with Crippen molar-refractivity contribution in [2.45, 2.75) is 26.1 Å². The Balaban J connectivity index is 2.83. The first-order chi connectivity index (χ1) is 6.61. The largest absolute Gasteiger partial charge is 0.494 e. The van der Waals surface area contributed by atoms with E-state index < -0.39 is 0 Å². The highest BCUT2D eigenvalue weighted by molar-refractivity contribution is 5.97. The molecule has 1 aliphatic heterocycles. The number of methoxy groups -OCH3 is 1. The molecule has 3 nitrogen and oxygen atoms in total. The molecule has 0 aromatic heterocycles. The summed E-state index contributed by atoms with van der Waals surface area (Å²) in [5, 5.41) is 0. The van der Waals surface area contributed by atoms with Gasteiger partial charge in [-0.15, -0.1) is 6.58 Å². The molecular formula is C11H16O3. The quantitative estimate of drug-likeness (QED) is 0.644. The van der Waals surface area contributed by atoms with Crippen molar-refractivity contribution < 1.29 is 14.3 Å². The SMILES string of the molecule is C=CC(OC)C1OC=C(C)C(=O)C1C. The Labute approximate surface area is 84.4 Å². The molecule has 0 fully saturated rings. The van der Waals surface area contributed by atoms with Crippen molar-refractivity contribution in [3.63, 3.8) is 0 Å². The van der Waals surface area contributed by atoms with Gasteiger partial charge in [-0.25, -0.2) is 0 Å². The van der Waals surface area contributed by atoms with Gasteiger partial charge in [0.15, 0.2) is 5.78 Å². The lowest BCUT2D eigenvalue weighted by atomic mass is 9.90. The van der Waals surface area contributed by atoms with Crippen LogP contribution >= 0.6 is 0 Å². The maximum absolute atomic E-state index is 11.6. The van der Waals surface area contributed by atoms with E-state index in [1.165, 1.54) is 6.26 Å². The summed E-state index contributed by atoms with van der Waals surface area (Å²) in [6.45, 7) is 7.25. The van der Waals surface area contributed by atoms with Gasteiger partial charge in [0, 0.05) is 12.7 Å². The van der Waals surface area contributed by atoms with Crippen LogP contribution in [0.25, 0.3) is 0 Å². The van der Waals surface area contributed by atoms with Crippen LogP contribution in [-0.2, 0) is 14.3 Å². The summed E-state index contributed by atoms with van der Waals surface area (Å²) in [7, 11) is 1.58. The minimum Gasteiger partial charge on any atom is -0.494 e. The number of rotatable bonds is 3. The summed E-state index contributed by atoms with van der Waals surface area (Å²) in [6, 6.07) is 0. The Morgan fingerprint density at radius 3 is 2.86 bits per heavy atom. The molecule has 0 spiro atoms. The van der Waals surface area contributed by atoms with Crippen LogP contribution < -0.4 is 0 Å². The van der Waals surface area contributed by atoms with Gasteiger partial charge in [-0.3, -0.25) is 4.79 Å². The molecule has 0 radical (unpaired) electrons. The number of hydrogen-bond donors (Lipinski definition) is 0. The lowest BCUT2D eigenvalue weighted by Gasteiger charge is -2.31. The fraction of sp³-hybridized carbons (Fsp3) is 0.545. The molecule has 14 heavy (non-hydrogen) atoms. The molecule has 3 heteroatoms. The van der Waals surface area contributed by atoms with Crippen LogP contribution in [0.15, 0.2) is 24.5 Å². The zero-order valence-corrected chi connectivity index (χ0v) is 8.82. The zero-order chi connectivity index (χ0) is 10.7. The van der Waals surface area contributed by atoms with Gasteiger partial charge < -0.3 is 9.47 Å². The zero-order valence-electron chi connectivity index (χ0n) is 8.82. The molecule has 78 valence electrons. The third kappa shape index (κ3) is 1.87. The van der Waals surface area contributed by atoms with Crippen molar-refractivity contribution >= 4 is 5.78 Å². The van der Waals surface area contributed by atoms with Crippen LogP contribution in [0.5, 0.6) is 0 Å². The molecule has 3 unspecified atom stereocenters. The molecule has 1 aliphatic rings. The topological polar surface area (TPSA) is 35.5 Å². The average molecular weight is 196 g/mol. The third-order valence-electron chi connectivity index (χ3n) is 2.53. The van der Waals surface area contributed by atoms with Gasteiger partial charge in [-0.1, -0.05) is 13.0 Å². The van der Waals surface area contributed by atoms with Gasteiger partial charge in [0.1, 0.15) is 12.2 Å². The molecule has 0 aromatic rings. The number of Topliss-reactive ketones (excluding diaryl/α,β-unsaturated/α-hetero) is 1. The number of allylic oxidation sites excluding steroid dienone is 1. The number of carbonyl (C=O) groups excluding carboxylic acids is 1. The smallest absolute Gasteiger partial charge is 0.168 e. The van der Waals surface area contributed by atoms with Crippen LogP contribution in [0.1, 0.15) is 13.8 Å². The minimum absolute atomic E-state index is 0.116. The highest BCUT2D eigenvalue weighted by Gasteiger charge is 2.34. The third-order valence-corrected chi connectivity index (χ3v) is 2.53. The first-order valence-electron chi connectivity index (χ1n) is 4.63. The summed E-state index contributed by atoms with van der Waals surface area (Å²) in [4.78, 5) is 11.6. The van der Waals surface area contributed by atoms with Crippen molar-refractivity contribution in [1.82, 2.24) is 0 Å². The molecular weight excluding hydrogens is 180 g/mol. The Bertz CT molecular complexity index is 268. The van der Waals surface area contributed by atoms with E-state index in [0.717, 1.165) is 0 Å². The monoisotopic (exact) mass is 196 g/mol. The van der Waals surface area contributed by atoms with Gasteiger partial charge >= 0.3 is 0 Å². The van der Waals surface area contributed by atoms with Crippen molar-refractivity contribution in [3.8, 4) is 0 Å². The summed E-state index contributed by atoms with van der Waals surface area (Å²) in [6.07, 6.45) is 2.66. The predicted octanol–water partition coefficient (Wildman–Crippen LogP) is 1.70. The fourth-order valence-electron chi connectivity index (χ4n) is 1.59. The van der Waals surface area contributed by atoms with Crippen molar-refractivity contribution in [2.24, 2.45) is 5.92 Å². The van der Waals surface area contributed by atoms with Crippen LogP contribution in [0.2, 0.25) is 0 Å². The van der Waals surface area contributed by atoms with Gasteiger partial charge in [-0.05, 0) is 6.92 Å². The van der Waals surface area contributed by atoms with Crippen LogP contribution in [0, 0.1) is 5.92 Å². The molecule has 0 aliphatic carbocycles. The average Bonchev–Trinajstić information content (AvgIpc) is 2.19. The predicted molar refractivity (Wildman–Crippen MR) is 53.8 cm³/mol. The Kier molecular flexibility index (Phi) is 3.47. The Morgan fingerprint density at radius 2 is 2.36 bits per heavy atom. The van der Waals surface area contributed by atoms with Gasteiger partial charge in [0.2, 0.25) is 0 Å². The van der Waals surface area contributed by atoms with Crippen LogP contribution in [0.3, 0.4) is 0 Å². The number of ketones is 1. The molecule has 0 aromatic carbocycles. The number of hydrogen-bond acceptors (Lipinski definition) is 3. The molecule has 0 amide bonds. The minimum atomic E-state index is -0.256. The fourth-order valence-corrected chi connectivity index (χ4v) is 1.59.